The fourth-order valence-electron chi connectivity index (χ4n) is 3.29. The molecule has 3 rings (SSSR count). The third-order valence-electron chi connectivity index (χ3n) is 4.88. The quantitative estimate of drug-likeness (QED) is 0.613. The number of benzene rings is 1. The van der Waals surface area contributed by atoms with E-state index in [1.165, 1.54) is 0 Å². The minimum Gasteiger partial charge on any atom is -0.497 e. The Hall–Kier alpha value is -1.86. The number of carbonyl (C=O) groups excluding carboxylic acids is 1. The van der Waals surface area contributed by atoms with Gasteiger partial charge >= 0.3 is 0 Å². The van der Waals surface area contributed by atoms with Crippen LogP contribution in [0, 0.1) is 0 Å². The first-order valence-electron chi connectivity index (χ1n) is 8.63. The third kappa shape index (κ3) is 3.57. The van der Waals surface area contributed by atoms with Crippen molar-refractivity contribution in [3.63, 3.8) is 0 Å². The number of methoxy groups -OCH3 is 2. The predicted molar refractivity (Wildman–Crippen MR) is 99.4 cm³/mol. The van der Waals surface area contributed by atoms with E-state index in [-0.39, 0.29) is 5.91 Å². The summed E-state index contributed by atoms with van der Waals surface area (Å²) in [5.41, 5.74) is 0.653. The third-order valence-corrected chi connectivity index (χ3v) is 5.24. The summed E-state index contributed by atoms with van der Waals surface area (Å²) in [6.07, 6.45) is 2.69. The number of nitrogens with zero attached hydrogens (tertiary/aromatic N) is 2. The van der Waals surface area contributed by atoms with Crippen molar-refractivity contribution < 1.29 is 14.3 Å². The molecule has 1 saturated carbocycles. The van der Waals surface area contributed by atoms with Crippen molar-refractivity contribution >= 4 is 23.2 Å². The standard InChI is InChI=1S/C18H25N3O3S/c1-23-13-10-19-17(25)21-12-3-11-20(21)16(22)18(8-9-18)14-4-6-15(24-2)7-5-14/h4-7H,3,8-13H2,1-2H3,(H,19,25). The highest BCUT2D eigenvalue weighted by atomic mass is 32.1. The van der Waals surface area contributed by atoms with E-state index < -0.39 is 5.41 Å². The van der Waals surface area contributed by atoms with Crippen LogP contribution in [-0.4, -0.2) is 61.5 Å². The monoisotopic (exact) mass is 363 g/mol. The first-order valence-corrected chi connectivity index (χ1v) is 9.04. The van der Waals surface area contributed by atoms with Crippen molar-refractivity contribution in [2.75, 3.05) is 40.5 Å². The lowest BCUT2D eigenvalue weighted by Crippen LogP contribution is -2.52. The minimum absolute atomic E-state index is 0.144. The summed E-state index contributed by atoms with van der Waals surface area (Å²) in [5, 5.41) is 7.47. The zero-order valence-corrected chi connectivity index (χ0v) is 15.6. The largest absolute Gasteiger partial charge is 0.497 e. The molecule has 25 heavy (non-hydrogen) atoms. The first-order chi connectivity index (χ1) is 12.1. The number of nitrogens with one attached hydrogen (secondary N) is 1. The molecule has 0 aromatic heterocycles. The highest BCUT2D eigenvalue weighted by molar-refractivity contribution is 7.80. The lowest BCUT2D eigenvalue weighted by Gasteiger charge is -2.33. The van der Waals surface area contributed by atoms with Crippen LogP contribution < -0.4 is 10.1 Å². The topological polar surface area (TPSA) is 54.0 Å². The Morgan fingerprint density at radius 3 is 2.48 bits per heavy atom. The van der Waals surface area contributed by atoms with Crippen LogP contribution >= 0.6 is 12.2 Å². The second kappa shape index (κ2) is 7.58. The summed E-state index contributed by atoms with van der Waals surface area (Å²) in [7, 11) is 3.30. The van der Waals surface area contributed by atoms with E-state index in [1.807, 2.05) is 34.3 Å². The van der Waals surface area contributed by atoms with E-state index in [0.717, 1.165) is 37.1 Å². The minimum atomic E-state index is -0.406. The summed E-state index contributed by atoms with van der Waals surface area (Å²) < 4.78 is 10.3. The van der Waals surface area contributed by atoms with Gasteiger partial charge in [-0.05, 0) is 49.2 Å². The number of hydrazine groups is 1. The maximum Gasteiger partial charge on any atom is 0.251 e. The molecule has 1 N–H and O–H groups in total. The van der Waals surface area contributed by atoms with Gasteiger partial charge in [-0.25, -0.2) is 0 Å². The molecule has 1 aromatic rings. The molecule has 6 nitrogen and oxygen atoms in total. The van der Waals surface area contributed by atoms with Crippen molar-refractivity contribution in [3.8, 4) is 5.75 Å². The normalized spacial score (nSPS) is 18.2. The van der Waals surface area contributed by atoms with Gasteiger partial charge in [-0.2, -0.15) is 0 Å². The number of carbonyl (C=O) groups is 1. The molecular formula is C18H25N3O3S. The van der Waals surface area contributed by atoms with Crippen molar-refractivity contribution in [2.45, 2.75) is 24.7 Å². The Kier molecular flexibility index (Phi) is 5.44. The second-order valence-electron chi connectivity index (χ2n) is 6.44. The van der Waals surface area contributed by atoms with Crippen LogP contribution in [0.5, 0.6) is 5.75 Å². The Morgan fingerprint density at radius 1 is 1.20 bits per heavy atom. The number of rotatable bonds is 6. The number of ether oxygens (including phenoxy) is 2. The van der Waals surface area contributed by atoms with Crippen LogP contribution in [0.2, 0.25) is 0 Å². The fraction of sp³-hybridized carbons (Fsp3) is 0.556. The van der Waals surface area contributed by atoms with E-state index >= 15 is 0 Å². The fourth-order valence-corrected chi connectivity index (χ4v) is 3.59. The smallest absolute Gasteiger partial charge is 0.251 e. The molecule has 0 spiro atoms. The average Bonchev–Trinajstić information content (AvgIpc) is 3.30. The van der Waals surface area contributed by atoms with Crippen LogP contribution in [0.15, 0.2) is 24.3 Å². The van der Waals surface area contributed by atoms with Gasteiger partial charge in [0.05, 0.1) is 19.1 Å². The van der Waals surface area contributed by atoms with E-state index in [1.54, 1.807) is 14.2 Å². The number of amides is 1. The zero-order valence-electron chi connectivity index (χ0n) is 14.8. The molecule has 2 fully saturated rings. The van der Waals surface area contributed by atoms with E-state index in [2.05, 4.69) is 5.32 Å². The van der Waals surface area contributed by atoms with Gasteiger partial charge in [0, 0.05) is 26.7 Å². The van der Waals surface area contributed by atoms with Gasteiger partial charge in [0.1, 0.15) is 5.75 Å². The Bertz CT molecular complexity index is 631. The van der Waals surface area contributed by atoms with Crippen LogP contribution in [0.3, 0.4) is 0 Å². The van der Waals surface area contributed by atoms with Gasteiger partial charge < -0.3 is 14.8 Å². The predicted octanol–water partition coefficient (Wildman–Crippen LogP) is 1.70. The summed E-state index contributed by atoms with van der Waals surface area (Å²) in [6, 6.07) is 7.83. The van der Waals surface area contributed by atoms with Gasteiger partial charge in [0.25, 0.3) is 5.91 Å². The molecule has 1 aliphatic carbocycles. The Morgan fingerprint density at radius 2 is 1.88 bits per heavy atom. The molecule has 1 saturated heterocycles. The number of hydrogen-bond donors (Lipinski definition) is 1. The molecule has 2 aliphatic rings. The maximum atomic E-state index is 13.3. The molecule has 136 valence electrons. The van der Waals surface area contributed by atoms with E-state index in [4.69, 9.17) is 21.7 Å². The summed E-state index contributed by atoms with van der Waals surface area (Å²) >= 11 is 5.47. The van der Waals surface area contributed by atoms with E-state index in [0.29, 0.717) is 24.8 Å². The second-order valence-corrected chi connectivity index (χ2v) is 6.83. The van der Waals surface area contributed by atoms with Crippen LogP contribution in [0.25, 0.3) is 0 Å². The van der Waals surface area contributed by atoms with Crippen molar-refractivity contribution in [2.24, 2.45) is 0 Å². The molecule has 1 amide bonds. The highest BCUT2D eigenvalue weighted by Crippen LogP contribution is 2.50. The molecular weight excluding hydrogens is 338 g/mol. The number of thiocarbonyl (C=S) groups is 1. The first kappa shape index (κ1) is 17.9. The van der Waals surface area contributed by atoms with Crippen LogP contribution in [0.1, 0.15) is 24.8 Å². The van der Waals surface area contributed by atoms with Crippen molar-refractivity contribution in [1.29, 1.82) is 0 Å². The molecule has 1 aromatic carbocycles. The summed E-state index contributed by atoms with van der Waals surface area (Å²) in [5.74, 6) is 0.948. The Labute approximate surface area is 154 Å². The van der Waals surface area contributed by atoms with Gasteiger partial charge in [-0.15, -0.1) is 0 Å². The molecule has 0 bridgehead atoms. The highest BCUT2D eigenvalue weighted by Gasteiger charge is 2.54. The molecule has 0 radical (unpaired) electrons. The number of hydrogen-bond acceptors (Lipinski definition) is 4. The molecule has 1 heterocycles. The molecule has 1 aliphatic heterocycles. The SMILES string of the molecule is COCCNC(=S)N1CCCN1C(=O)C1(c2ccc(OC)cc2)CC1. The average molecular weight is 363 g/mol. The maximum absolute atomic E-state index is 13.3. The Balaban J connectivity index is 1.71. The lowest BCUT2D eigenvalue weighted by atomic mass is 9.94. The lowest BCUT2D eigenvalue weighted by molar-refractivity contribution is -0.141. The van der Waals surface area contributed by atoms with Gasteiger partial charge in [-0.3, -0.25) is 14.8 Å². The van der Waals surface area contributed by atoms with Crippen molar-refractivity contribution in [1.82, 2.24) is 15.3 Å². The zero-order chi connectivity index (χ0) is 17.9. The summed E-state index contributed by atoms with van der Waals surface area (Å²) in [4.78, 5) is 13.3. The summed E-state index contributed by atoms with van der Waals surface area (Å²) in [6.45, 7) is 2.70. The van der Waals surface area contributed by atoms with Crippen molar-refractivity contribution in [3.05, 3.63) is 29.8 Å². The van der Waals surface area contributed by atoms with Gasteiger partial charge in [0.15, 0.2) is 5.11 Å². The van der Waals surface area contributed by atoms with Gasteiger partial charge in [-0.1, -0.05) is 12.1 Å². The van der Waals surface area contributed by atoms with Crippen LogP contribution in [0.4, 0.5) is 0 Å². The molecule has 0 atom stereocenters. The van der Waals surface area contributed by atoms with E-state index in [9.17, 15) is 4.79 Å². The van der Waals surface area contributed by atoms with Gasteiger partial charge in [0.2, 0.25) is 0 Å². The van der Waals surface area contributed by atoms with Crippen LogP contribution in [-0.2, 0) is 14.9 Å². The molecule has 0 unspecified atom stereocenters. The molecule has 7 heteroatoms.